The van der Waals surface area contributed by atoms with Crippen molar-refractivity contribution in [3.05, 3.63) is 29.8 Å². The van der Waals surface area contributed by atoms with E-state index >= 15 is 0 Å². The Morgan fingerprint density at radius 3 is 2.19 bits per heavy atom. The summed E-state index contributed by atoms with van der Waals surface area (Å²) >= 11 is 0. The van der Waals surface area contributed by atoms with Crippen molar-refractivity contribution in [3.8, 4) is 0 Å². The number of anilines is 1. The quantitative estimate of drug-likeness (QED) is 0.772. The van der Waals surface area contributed by atoms with Crippen LogP contribution in [0.1, 0.15) is 68.1 Å². The van der Waals surface area contributed by atoms with Crippen LogP contribution in [0.2, 0.25) is 0 Å². The average Bonchev–Trinajstić information content (AvgIpc) is 2.79. The van der Waals surface area contributed by atoms with Gasteiger partial charge in [0.15, 0.2) is 0 Å². The summed E-state index contributed by atoms with van der Waals surface area (Å²) in [7, 11) is 0. The summed E-state index contributed by atoms with van der Waals surface area (Å²) in [6, 6.07) is 9.18. The van der Waals surface area contributed by atoms with Gasteiger partial charge in [-0.2, -0.15) is 0 Å². The second-order valence-electron chi connectivity index (χ2n) is 10.4. The van der Waals surface area contributed by atoms with Crippen LogP contribution in [0, 0.1) is 11.3 Å². The largest absolute Gasteiger partial charge is 0.381 e. The molecule has 1 saturated carbocycles. The molecule has 170 valence electrons. The fraction of sp³-hybridized carbons (Fsp3) is 0.731. The van der Waals surface area contributed by atoms with E-state index in [0.29, 0.717) is 11.3 Å². The van der Waals surface area contributed by atoms with E-state index < -0.39 is 0 Å². The van der Waals surface area contributed by atoms with Crippen LogP contribution >= 0.6 is 0 Å². The Balaban J connectivity index is 1.09. The van der Waals surface area contributed by atoms with Gasteiger partial charge in [0.1, 0.15) is 0 Å². The molecule has 4 fully saturated rings. The summed E-state index contributed by atoms with van der Waals surface area (Å²) in [6.45, 7) is 7.36. The van der Waals surface area contributed by atoms with Crippen LogP contribution in [0.15, 0.2) is 24.3 Å². The van der Waals surface area contributed by atoms with Crippen molar-refractivity contribution in [1.82, 2.24) is 10.2 Å². The molecule has 3 aliphatic heterocycles. The number of piperidine rings is 2. The zero-order valence-electron chi connectivity index (χ0n) is 19.0. The Kier molecular flexibility index (Phi) is 6.51. The second-order valence-corrected chi connectivity index (χ2v) is 10.4. The van der Waals surface area contributed by atoms with E-state index in [-0.39, 0.29) is 5.91 Å². The SMILES string of the molecule is O=C(NCC1CCOCC1)c1ccc(N2CCC3(CC2)CCN(C2CCC2)CC3)cc1. The molecule has 1 aromatic rings. The maximum Gasteiger partial charge on any atom is 0.251 e. The van der Waals surface area contributed by atoms with Crippen LogP contribution in [0.3, 0.4) is 0 Å². The first-order valence-electron chi connectivity index (χ1n) is 12.7. The molecule has 0 aromatic heterocycles. The zero-order valence-corrected chi connectivity index (χ0v) is 19.0. The summed E-state index contributed by atoms with van der Waals surface area (Å²) in [5, 5.41) is 3.11. The fourth-order valence-corrected chi connectivity index (χ4v) is 5.97. The molecule has 0 bridgehead atoms. The summed E-state index contributed by atoms with van der Waals surface area (Å²) in [4.78, 5) is 17.8. The predicted octanol–water partition coefficient (Wildman–Crippen LogP) is 4.08. The van der Waals surface area contributed by atoms with Crippen LogP contribution in [-0.2, 0) is 4.74 Å². The number of likely N-dealkylation sites (tertiary alicyclic amines) is 1. The third-order valence-corrected chi connectivity index (χ3v) is 8.66. The number of benzene rings is 1. The summed E-state index contributed by atoms with van der Waals surface area (Å²) < 4.78 is 5.40. The van der Waals surface area contributed by atoms with Crippen molar-refractivity contribution in [2.45, 2.75) is 63.8 Å². The molecule has 1 spiro atoms. The van der Waals surface area contributed by atoms with E-state index in [1.54, 1.807) is 0 Å². The van der Waals surface area contributed by atoms with E-state index in [2.05, 4.69) is 27.2 Å². The summed E-state index contributed by atoms with van der Waals surface area (Å²) in [5.41, 5.74) is 2.62. The van der Waals surface area contributed by atoms with Gasteiger partial charge < -0.3 is 19.9 Å². The van der Waals surface area contributed by atoms with Gasteiger partial charge in [0.2, 0.25) is 0 Å². The van der Waals surface area contributed by atoms with Crippen molar-refractivity contribution in [1.29, 1.82) is 0 Å². The van der Waals surface area contributed by atoms with Crippen molar-refractivity contribution >= 4 is 11.6 Å². The third kappa shape index (κ3) is 4.93. The number of hydrogen-bond acceptors (Lipinski definition) is 4. The van der Waals surface area contributed by atoms with E-state index in [4.69, 9.17) is 4.74 Å². The number of rotatable bonds is 5. The van der Waals surface area contributed by atoms with Gasteiger partial charge in [0, 0.05) is 50.1 Å². The molecule has 1 aromatic carbocycles. The topological polar surface area (TPSA) is 44.8 Å². The van der Waals surface area contributed by atoms with Gasteiger partial charge in [-0.3, -0.25) is 4.79 Å². The smallest absolute Gasteiger partial charge is 0.251 e. The molecule has 1 N–H and O–H groups in total. The lowest BCUT2D eigenvalue weighted by molar-refractivity contribution is 0.0306. The van der Waals surface area contributed by atoms with Gasteiger partial charge >= 0.3 is 0 Å². The first-order valence-corrected chi connectivity index (χ1v) is 12.7. The van der Waals surface area contributed by atoms with Gasteiger partial charge in [-0.1, -0.05) is 6.42 Å². The highest BCUT2D eigenvalue weighted by Crippen LogP contribution is 2.43. The average molecular weight is 426 g/mol. The Labute approximate surface area is 187 Å². The van der Waals surface area contributed by atoms with Gasteiger partial charge in [-0.05, 0) is 100 Å². The predicted molar refractivity (Wildman–Crippen MR) is 125 cm³/mol. The first kappa shape index (κ1) is 21.3. The lowest BCUT2D eigenvalue weighted by Gasteiger charge is -2.50. The van der Waals surface area contributed by atoms with Crippen molar-refractivity contribution in [2.75, 3.05) is 50.8 Å². The van der Waals surface area contributed by atoms with E-state index in [1.807, 2.05) is 12.1 Å². The molecule has 1 aliphatic carbocycles. The number of nitrogens with zero attached hydrogens (tertiary/aromatic N) is 2. The van der Waals surface area contributed by atoms with Gasteiger partial charge in [-0.15, -0.1) is 0 Å². The molecule has 0 atom stereocenters. The van der Waals surface area contributed by atoms with Crippen molar-refractivity contribution in [2.24, 2.45) is 11.3 Å². The van der Waals surface area contributed by atoms with Crippen molar-refractivity contribution < 1.29 is 9.53 Å². The molecule has 5 nitrogen and oxygen atoms in total. The minimum atomic E-state index is 0.0499. The van der Waals surface area contributed by atoms with Gasteiger partial charge in [0.25, 0.3) is 5.91 Å². The maximum absolute atomic E-state index is 12.5. The van der Waals surface area contributed by atoms with Crippen LogP contribution in [0.25, 0.3) is 0 Å². The highest BCUT2D eigenvalue weighted by molar-refractivity contribution is 5.94. The molecule has 0 radical (unpaired) electrons. The number of carbonyl (C=O) groups excluding carboxylic acids is 1. The fourth-order valence-electron chi connectivity index (χ4n) is 5.97. The van der Waals surface area contributed by atoms with E-state index in [0.717, 1.165) is 57.3 Å². The summed E-state index contributed by atoms with van der Waals surface area (Å²) in [5.74, 6) is 0.604. The molecule has 3 heterocycles. The number of amides is 1. The highest BCUT2D eigenvalue weighted by Gasteiger charge is 2.39. The Morgan fingerprint density at radius 2 is 1.58 bits per heavy atom. The standard InChI is InChI=1S/C26H39N3O2/c30-25(27-20-21-8-18-31-19-9-21)22-4-6-24(7-5-22)29-16-12-26(13-17-29)10-14-28(15-11-26)23-2-1-3-23/h4-7,21,23H,1-3,8-20H2,(H,27,30). The second kappa shape index (κ2) is 9.50. The van der Waals surface area contributed by atoms with E-state index in [9.17, 15) is 4.79 Å². The molecule has 3 saturated heterocycles. The zero-order chi connectivity index (χ0) is 21.1. The third-order valence-electron chi connectivity index (χ3n) is 8.66. The van der Waals surface area contributed by atoms with E-state index in [1.165, 1.54) is 63.7 Å². The number of carbonyl (C=O) groups is 1. The molecule has 31 heavy (non-hydrogen) atoms. The lowest BCUT2D eigenvalue weighted by atomic mass is 9.70. The molecular weight excluding hydrogens is 386 g/mol. The number of nitrogens with one attached hydrogen (secondary N) is 1. The monoisotopic (exact) mass is 425 g/mol. The number of hydrogen-bond donors (Lipinski definition) is 1. The van der Waals surface area contributed by atoms with Gasteiger partial charge in [-0.25, -0.2) is 0 Å². The molecule has 4 aliphatic rings. The molecular formula is C26H39N3O2. The Morgan fingerprint density at radius 1 is 0.935 bits per heavy atom. The lowest BCUT2D eigenvalue weighted by Crippen LogP contribution is -2.50. The maximum atomic E-state index is 12.5. The Hall–Kier alpha value is -1.59. The van der Waals surface area contributed by atoms with Crippen LogP contribution in [0.5, 0.6) is 0 Å². The normalized spacial score (nSPS) is 25.4. The van der Waals surface area contributed by atoms with Crippen LogP contribution < -0.4 is 10.2 Å². The molecule has 5 heteroatoms. The first-order chi connectivity index (χ1) is 15.2. The number of ether oxygens (including phenoxy) is 1. The van der Waals surface area contributed by atoms with Crippen molar-refractivity contribution in [3.63, 3.8) is 0 Å². The Bertz CT molecular complexity index is 722. The minimum absolute atomic E-state index is 0.0499. The van der Waals surface area contributed by atoms with Crippen LogP contribution in [0.4, 0.5) is 5.69 Å². The van der Waals surface area contributed by atoms with Gasteiger partial charge in [0.05, 0.1) is 0 Å². The minimum Gasteiger partial charge on any atom is -0.381 e. The molecule has 5 rings (SSSR count). The highest BCUT2D eigenvalue weighted by atomic mass is 16.5. The molecule has 1 amide bonds. The summed E-state index contributed by atoms with van der Waals surface area (Å²) in [6.07, 6.45) is 11.8. The molecule has 0 unspecified atom stereocenters. The van der Waals surface area contributed by atoms with Crippen LogP contribution in [-0.4, -0.2) is 62.8 Å².